The molecule has 6 nitrogen and oxygen atoms in total. The number of carboxylic acid groups (broad SMARTS) is 1. The number of aromatic amines is 1. The standard InChI is InChI=1S/C10H7F3N4O2S/c11-10(12,13)6-2-1-5(3-14-6)8-15-9(17-16-8)20-4-7(18)19/h1-3H,4H2,(H,18,19)(H,15,16,17). The van der Waals surface area contributed by atoms with Gasteiger partial charge in [0.15, 0.2) is 5.82 Å². The van der Waals surface area contributed by atoms with E-state index in [0.29, 0.717) is 5.56 Å². The maximum atomic E-state index is 12.3. The fraction of sp³-hybridized carbons (Fsp3) is 0.200. The average molecular weight is 304 g/mol. The number of thioether (sulfide) groups is 1. The number of alkyl halides is 3. The minimum atomic E-state index is -4.50. The highest BCUT2D eigenvalue weighted by molar-refractivity contribution is 7.99. The second kappa shape index (κ2) is 5.49. The molecule has 0 spiro atoms. The molecule has 0 saturated heterocycles. The Balaban J connectivity index is 2.14. The Morgan fingerprint density at radius 1 is 1.40 bits per heavy atom. The molecule has 2 heterocycles. The van der Waals surface area contributed by atoms with Gasteiger partial charge < -0.3 is 5.11 Å². The maximum Gasteiger partial charge on any atom is 0.433 e. The molecule has 10 heteroatoms. The van der Waals surface area contributed by atoms with Crippen LogP contribution >= 0.6 is 11.8 Å². The number of rotatable bonds is 4. The van der Waals surface area contributed by atoms with E-state index in [9.17, 15) is 18.0 Å². The molecule has 0 saturated carbocycles. The van der Waals surface area contributed by atoms with Gasteiger partial charge in [0.1, 0.15) is 5.69 Å². The molecule has 0 aliphatic rings. The van der Waals surface area contributed by atoms with Crippen LogP contribution in [0.4, 0.5) is 13.2 Å². The van der Waals surface area contributed by atoms with Crippen molar-refractivity contribution in [2.45, 2.75) is 11.3 Å². The topological polar surface area (TPSA) is 91.8 Å². The van der Waals surface area contributed by atoms with Crippen LogP contribution in [0, 0.1) is 0 Å². The smallest absolute Gasteiger partial charge is 0.433 e. The number of carbonyl (C=O) groups is 1. The van der Waals surface area contributed by atoms with Gasteiger partial charge in [-0.15, -0.1) is 5.10 Å². The van der Waals surface area contributed by atoms with Crippen molar-refractivity contribution < 1.29 is 23.1 Å². The Morgan fingerprint density at radius 3 is 2.70 bits per heavy atom. The van der Waals surface area contributed by atoms with Crippen molar-refractivity contribution in [1.82, 2.24) is 20.2 Å². The van der Waals surface area contributed by atoms with Gasteiger partial charge in [-0.3, -0.25) is 14.9 Å². The molecule has 2 rings (SSSR count). The lowest BCUT2D eigenvalue weighted by molar-refractivity contribution is -0.141. The van der Waals surface area contributed by atoms with E-state index in [0.717, 1.165) is 24.0 Å². The Bertz CT molecular complexity index is 612. The molecular weight excluding hydrogens is 297 g/mol. The van der Waals surface area contributed by atoms with E-state index in [2.05, 4.69) is 20.2 Å². The molecule has 0 radical (unpaired) electrons. The van der Waals surface area contributed by atoms with Crippen LogP contribution in [0.1, 0.15) is 5.69 Å². The number of hydrogen-bond donors (Lipinski definition) is 2. The molecule has 0 unspecified atom stereocenters. The summed E-state index contributed by atoms with van der Waals surface area (Å²) in [5, 5.41) is 15.0. The van der Waals surface area contributed by atoms with Gasteiger partial charge >= 0.3 is 12.1 Å². The lowest BCUT2D eigenvalue weighted by atomic mass is 10.2. The molecule has 106 valence electrons. The van der Waals surface area contributed by atoms with Crippen LogP contribution in [0.2, 0.25) is 0 Å². The molecule has 2 aromatic rings. The second-order valence-electron chi connectivity index (χ2n) is 3.58. The van der Waals surface area contributed by atoms with Gasteiger partial charge in [0.2, 0.25) is 5.16 Å². The summed E-state index contributed by atoms with van der Waals surface area (Å²) in [6, 6.07) is 2.05. The van der Waals surface area contributed by atoms with Crippen LogP contribution in [0.25, 0.3) is 11.4 Å². The van der Waals surface area contributed by atoms with Gasteiger partial charge in [0.05, 0.1) is 5.75 Å². The van der Waals surface area contributed by atoms with E-state index < -0.39 is 17.8 Å². The third-order valence-corrected chi connectivity index (χ3v) is 2.95. The molecule has 0 aliphatic heterocycles. The number of H-pyrrole nitrogens is 1. The van der Waals surface area contributed by atoms with Crippen LogP contribution in [0.15, 0.2) is 23.5 Å². The number of nitrogens with one attached hydrogen (secondary N) is 1. The Morgan fingerprint density at radius 2 is 2.15 bits per heavy atom. The van der Waals surface area contributed by atoms with Gasteiger partial charge in [-0.25, -0.2) is 4.98 Å². The summed E-state index contributed by atoms with van der Waals surface area (Å²) in [6.45, 7) is 0. The first-order valence-corrected chi connectivity index (χ1v) is 6.15. The summed E-state index contributed by atoms with van der Waals surface area (Å²) < 4.78 is 37.0. The molecule has 0 aromatic carbocycles. The molecule has 0 fully saturated rings. The van der Waals surface area contributed by atoms with Crippen molar-refractivity contribution in [3.8, 4) is 11.4 Å². The van der Waals surface area contributed by atoms with Crippen molar-refractivity contribution >= 4 is 17.7 Å². The zero-order valence-corrected chi connectivity index (χ0v) is 10.5. The number of nitrogens with zero attached hydrogens (tertiary/aromatic N) is 3. The van der Waals surface area contributed by atoms with E-state index in [-0.39, 0.29) is 16.7 Å². The van der Waals surface area contributed by atoms with Crippen LogP contribution in [0.3, 0.4) is 0 Å². The van der Waals surface area contributed by atoms with Crippen LogP contribution in [-0.2, 0) is 11.0 Å². The van der Waals surface area contributed by atoms with E-state index in [4.69, 9.17) is 5.11 Å². The summed E-state index contributed by atoms with van der Waals surface area (Å²) in [5.74, 6) is -1.00. The van der Waals surface area contributed by atoms with Gasteiger partial charge in [0.25, 0.3) is 0 Å². The summed E-state index contributed by atoms with van der Waals surface area (Å²) in [4.78, 5) is 17.6. The highest BCUT2D eigenvalue weighted by Gasteiger charge is 2.32. The Kier molecular flexibility index (Phi) is 3.93. The Labute approximate surface area is 114 Å². The van der Waals surface area contributed by atoms with Gasteiger partial charge in [-0.1, -0.05) is 11.8 Å². The van der Waals surface area contributed by atoms with E-state index in [1.165, 1.54) is 6.07 Å². The number of aromatic nitrogens is 4. The molecular formula is C10H7F3N4O2S. The molecule has 0 atom stereocenters. The minimum absolute atomic E-state index is 0.197. The van der Waals surface area contributed by atoms with Crippen molar-refractivity contribution in [3.63, 3.8) is 0 Å². The lowest BCUT2D eigenvalue weighted by Gasteiger charge is -2.04. The van der Waals surface area contributed by atoms with Crippen LogP contribution in [-0.4, -0.2) is 37.0 Å². The summed E-state index contributed by atoms with van der Waals surface area (Å²) in [7, 11) is 0. The summed E-state index contributed by atoms with van der Waals surface area (Å²) in [6.07, 6.45) is -3.47. The maximum absolute atomic E-state index is 12.3. The fourth-order valence-corrected chi connectivity index (χ4v) is 1.79. The number of hydrogen-bond acceptors (Lipinski definition) is 5. The predicted molar refractivity (Wildman–Crippen MR) is 63.0 cm³/mol. The number of pyridine rings is 1. The molecule has 2 N–H and O–H groups in total. The third-order valence-electron chi connectivity index (χ3n) is 2.12. The molecule has 0 bridgehead atoms. The van der Waals surface area contributed by atoms with Crippen molar-refractivity contribution in [3.05, 3.63) is 24.0 Å². The molecule has 0 amide bonds. The third kappa shape index (κ3) is 3.47. The quantitative estimate of drug-likeness (QED) is 0.840. The van der Waals surface area contributed by atoms with E-state index in [1.54, 1.807) is 0 Å². The zero-order chi connectivity index (χ0) is 14.8. The number of aliphatic carboxylic acids is 1. The Hall–Kier alpha value is -2.10. The first-order chi connectivity index (χ1) is 9.36. The zero-order valence-electron chi connectivity index (χ0n) is 9.68. The normalized spacial score (nSPS) is 11.6. The second-order valence-corrected chi connectivity index (χ2v) is 4.52. The average Bonchev–Trinajstić information content (AvgIpc) is 2.84. The summed E-state index contributed by atoms with van der Waals surface area (Å²) in [5.41, 5.74) is -0.672. The highest BCUT2D eigenvalue weighted by Crippen LogP contribution is 2.28. The number of carboxylic acids is 1. The van der Waals surface area contributed by atoms with Crippen LogP contribution in [0.5, 0.6) is 0 Å². The van der Waals surface area contributed by atoms with Crippen LogP contribution < -0.4 is 0 Å². The van der Waals surface area contributed by atoms with Gasteiger partial charge in [-0.2, -0.15) is 13.2 Å². The van der Waals surface area contributed by atoms with E-state index >= 15 is 0 Å². The highest BCUT2D eigenvalue weighted by atomic mass is 32.2. The predicted octanol–water partition coefficient (Wildman–Crippen LogP) is 2.06. The first-order valence-electron chi connectivity index (χ1n) is 5.17. The summed E-state index contributed by atoms with van der Waals surface area (Å²) >= 11 is 0.898. The van der Waals surface area contributed by atoms with Crippen molar-refractivity contribution in [1.29, 1.82) is 0 Å². The SMILES string of the molecule is O=C(O)CSc1n[nH]c(-c2ccc(C(F)(F)F)nc2)n1. The largest absolute Gasteiger partial charge is 0.481 e. The lowest BCUT2D eigenvalue weighted by Crippen LogP contribution is -2.07. The van der Waals surface area contributed by atoms with Crippen molar-refractivity contribution in [2.75, 3.05) is 5.75 Å². The minimum Gasteiger partial charge on any atom is -0.481 e. The van der Waals surface area contributed by atoms with Gasteiger partial charge in [0, 0.05) is 11.8 Å². The molecule has 0 aliphatic carbocycles. The fourth-order valence-electron chi connectivity index (χ4n) is 1.27. The molecule has 20 heavy (non-hydrogen) atoms. The van der Waals surface area contributed by atoms with Gasteiger partial charge in [-0.05, 0) is 12.1 Å². The van der Waals surface area contributed by atoms with E-state index in [1.807, 2.05) is 0 Å². The van der Waals surface area contributed by atoms with Crippen molar-refractivity contribution in [2.24, 2.45) is 0 Å². The monoisotopic (exact) mass is 304 g/mol. The first kappa shape index (κ1) is 14.3. The molecule has 2 aromatic heterocycles. The number of halogens is 3.